The molecule has 2 atom stereocenters. The van der Waals surface area contributed by atoms with Gasteiger partial charge in [0, 0.05) is 13.1 Å². The first-order chi connectivity index (χ1) is 11.9. The van der Waals surface area contributed by atoms with Crippen LogP contribution in [-0.4, -0.2) is 60.2 Å². The van der Waals surface area contributed by atoms with E-state index in [2.05, 4.69) is 5.32 Å². The number of halogens is 1. The fourth-order valence-electron chi connectivity index (χ4n) is 3.82. The first-order valence-electron chi connectivity index (χ1n) is 8.86. The van der Waals surface area contributed by atoms with Gasteiger partial charge in [-0.25, -0.2) is 0 Å². The van der Waals surface area contributed by atoms with Crippen molar-refractivity contribution < 1.29 is 14.4 Å². The van der Waals surface area contributed by atoms with E-state index in [4.69, 9.17) is 0 Å². The standard InChI is InChI=1S/C19H25N3O3.ClH/c1-12-6-7-15-16(9-12)19(25)22(18(15)24)13(2)17(23)21-8-4-5-14(11-21)10-20-3;/h6-7,9,13-14,20H,4-5,8,10-11H2,1-3H3;1H. The van der Waals surface area contributed by atoms with Crippen LogP contribution in [-0.2, 0) is 4.79 Å². The van der Waals surface area contributed by atoms with Crippen LogP contribution in [0.3, 0.4) is 0 Å². The van der Waals surface area contributed by atoms with Crippen molar-refractivity contribution in [1.82, 2.24) is 15.1 Å². The van der Waals surface area contributed by atoms with Crippen molar-refractivity contribution >= 4 is 30.1 Å². The Hall–Kier alpha value is -1.92. The van der Waals surface area contributed by atoms with Gasteiger partial charge >= 0.3 is 0 Å². The Labute approximate surface area is 160 Å². The summed E-state index contributed by atoms with van der Waals surface area (Å²) in [5.74, 6) is -0.468. The molecule has 0 saturated carbocycles. The topological polar surface area (TPSA) is 69.7 Å². The molecule has 1 saturated heterocycles. The Morgan fingerprint density at radius 3 is 2.65 bits per heavy atom. The number of piperidine rings is 1. The fraction of sp³-hybridized carbons (Fsp3) is 0.526. The van der Waals surface area contributed by atoms with E-state index < -0.39 is 6.04 Å². The third kappa shape index (κ3) is 3.62. The molecule has 2 aliphatic heterocycles. The Balaban J connectivity index is 0.00000243. The van der Waals surface area contributed by atoms with Gasteiger partial charge < -0.3 is 10.2 Å². The Morgan fingerprint density at radius 2 is 1.96 bits per heavy atom. The molecule has 1 fully saturated rings. The molecule has 6 nitrogen and oxygen atoms in total. The van der Waals surface area contributed by atoms with Crippen LogP contribution in [0.2, 0.25) is 0 Å². The third-order valence-electron chi connectivity index (χ3n) is 5.14. The number of nitrogens with zero attached hydrogens (tertiary/aromatic N) is 2. The molecule has 3 amide bonds. The van der Waals surface area contributed by atoms with Crippen LogP contribution in [0.25, 0.3) is 0 Å². The highest BCUT2D eigenvalue weighted by atomic mass is 35.5. The molecule has 0 bridgehead atoms. The smallest absolute Gasteiger partial charge is 0.262 e. The van der Waals surface area contributed by atoms with E-state index in [0.717, 1.165) is 29.8 Å². The summed E-state index contributed by atoms with van der Waals surface area (Å²) in [4.78, 5) is 41.1. The lowest BCUT2D eigenvalue weighted by atomic mass is 9.97. The van der Waals surface area contributed by atoms with E-state index in [1.807, 2.05) is 20.0 Å². The number of carbonyl (C=O) groups is 3. The second-order valence-corrected chi connectivity index (χ2v) is 7.06. The Morgan fingerprint density at radius 1 is 1.27 bits per heavy atom. The molecular formula is C19H26ClN3O3. The predicted octanol–water partition coefficient (Wildman–Crippen LogP) is 1.86. The lowest BCUT2D eigenvalue weighted by Crippen LogP contribution is -2.52. The second kappa shape index (κ2) is 8.18. The van der Waals surface area contributed by atoms with Gasteiger partial charge in [-0.05, 0) is 58.3 Å². The average molecular weight is 380 g/mol. The highest BCUT2D eigenvalue weighted by molar-refractivity contribution is 6.22. The molecule has 0 aliphatic carbocycles. The maximum absolute atomic E-state index is 12.9. The predicted molar refractivity (Wildman–Crippen MR) is 102 cm³/mol. The van der Waals surface area contributed by atoms with Crippen LogP contribution in [0.1, 0.15) is 46.0 Å². The van der Waals surface area contributed by atoms with Gasteiger partial charge in [-0.3, -0.25) is 19.3 Å². The zero-order valence-corrected chi connectivity index (χ0v) is 16.3. The lowest BCUT2D eigenvalue weighted by molar-refractivity contribution is -0.136. The summed E-state index contributed by atoms with van der Waals surface area (Å²) < 4.78 is 0. The number of likely N-dealkylation sites (tertiary alicyclic amines) is 1. The molecule has 2 unspecified atom stereocenters. The Bertz CT molecular complexity index is 720. The molecule has 2 aliphatic rings. The van der Waals surface area contributed by atoms with Crippen LogP contribution in [0.4, 0.5) is 0 Å². The molecule has 0 aromatic heterocycles. The van der Waals surface area contributed by atoms with Gasteiger partial charge in [-0.1, -0.05) is 11.6 Å². The molecule has 26 heavy (non-hydrogen) atoms. The fourth-order valence-corrected chi connectivity index (χ4v) is 3.82. The molecule has 1 aromatic rings. The maximum Gasteiger partial charge on any atom is 0.262 e. The number of nitrogens with one attached hydrogen (secondary N) is 1. The zero-order chi connectivity index (χ0) is 18.1. The molecule has 7 heteroatoms. The number of aryl methyl sites for hydroxylation is 1. The van der Waals surface area contributed by atoms with Crippen LogP contribution < -0.4 is 5.32 Å². The van der Waals surface area contributed by atoms with E-state index in [-0.39, 0.29) is 30.1 Å². The summed E-state index contributed by atoms with van der Waals surface area (Å²) in [5, 5.41) is 3.16. The lowest BCUT2D eigenvalue weighted by Gasteiger charge is -2.35. The summed E-state index contributed by atoms with van der Waals surface area (Å²) >= 11 is 0. The van der Waals surface area contributed by atoms with Crippen molar-refractivity contribution in [2.24, 2.45) is 5.92 Å². The van der Waals surface area contributed by atoms with Crippen molar-refractivity contribution in [3.63, 3.8) is 0 Å². The van der Waals surface area contributed by atoms with E-state index in [9.17, 15) is 14.4 Å². The number of amides is 3. The molecule has 3 rings (SSSR count). The van der Waals surface area contributed by atoms with Crippen LogP contribution in [0, 0.1) is 12.8 Å². The van der Waals surface area contributed by atoms with Gasteiger partial charge in [-0.15, -0.1) is 12.4 Å². The molecule has 142 valence electrons. The zero-order valence-electron chi connectivity index (χ0n) is 15.4. The molecular weight excluding hydrogens is 354 g/mol. The number of hydrogen-bond acceptors (Lipinski definition) is 4. The molecule has 0 spiro atoms. The largest absolute Gasteiger partial charge is 0.341 e. The summed E-state index contributed by atoms with van der Waals surface area (Å²) in [6, 6.07) is 4.43. The van der Waals surface area contributed by atoms with Crippen LogP contribution in [0.15, 0.2) is 18.2 Å². The van der Waals surface area contributed by atoms with E-state index in [1.165, 1.54) is 0 Å². The minimum Gasteiger partial charge on any atom is -0.341 e. The number of fused-ring (bicyclic) bond motifs is 1. The van der Waals surface area contributed by atoms with Gasteiger partial charge in [-0.2, -0.15) is 0 Å². The summed E-state index contributed by atoms with van der Waals surface area (Å²) in [5.41, 5.74) is 1.71. The monoisotopic (exact) mass is 379 g/mol. The van der Waals surface area contributed by atoms with E-state index in [1.54, 1.807) is 24.0 Å². The average Bonchev–Trinajstić information content (AvgIpc) is 2.84. The third-order valence-corrected chi connectivity index (χ3v) is 5.14. The van der Waals surface area contributed by atoms with Gasteiger partial charge in [0.15, 0.2) is 0 Å². The molecule has 1 aromatic carbocycles. The van der Waals surface area contributed by atoms with Crippen molar-refractivity contribution in [3.05, 3.63) is 34.9 Å². The van der Waals surface area contributed by atoms with E-state index >= 15 is 0 Å². The Kier molecular flexibility index (Phi) is 6.42. The minimum absolute atomic E-state index is 0. The van der Waals surface area contributed by atoms with Gasteiger partial charge in [0.05, 0.1) is 11.1 Å². The van der Waals surface area contributed by atoms with Crippen molar-refractivity contribution in [2.45, 2.75) is 32.7 Å². The quantitative estimate of drug-likeness (QED) is 0.811. The number of hydrogen-bond donors (Lipinski definition) is 1. The second-order valence-electron chi connectivity index (χ2n) is 7.06. The van der Waals surface area contributed by atoms with Crippen LogP contribution >= 0.6 is 12.4 Å². The number of rotatable bonds is 4. The van der Waals surface area contributed by atoms with Crippen molar-refractivity contribution in [1.29, 1.82) is 0 Å². The number of imide groups is 1. The maximum atomic E-state index is 12.9. The minimum atomic E-state index is -0.777. The number of benzene rings is 1. The number of carbonyl (C=O) groups excluding carboxylic acids is 3. The normalized spacial score (nSPS) is 20.7. The highest BCUT2D eigenvalue weighted by Gasteiger charge is 2.42. The first-order valence-corrected chi connectivity index (χ1v) is 8.86. The summed E-state index contributed by atoms with van der Waals surface area (Å²) in [6.45, 7) is 5.76. The van der Waals surface area contributed by atoms with E-state index in [0.29, 0.717) is 30.1 Å². The van der Waals surface area contributed by atoms with Crippen LogP contribution in [0.5, 0.6) is 0 Å². The molecule has 1 N–H and O–H groups in total. The van der Waals surface area contributed by atoms with Crippen molar-refractivity contribution in [2.75, 3.05) is 26.7 Å². The van der Waals surface area contributed by atoms with Gasteiger partial charge in [0.1, 0.15) is 6.04 Å². The highest BCUT2D eigenvalue weighted by Crippen LogP contribution is 2.27. The summed E-state index contributed by atoms with van der Waals surface area (Å²) in [7, 11) is 1.91. The van der Waals surface area contributed by atoms with Crippen molar-refractivity contribution in [3.8, 4) is 0 Å². The molecule has 2 heterocycles. The van der Waals surface area contributed by atoms with Gasteiger partial charge in [0.2, 0.25) is 5.91 Å². The molecule has 0 radical (unpaired) electrons. The van der Waals surface area contributed by atoms with Gasteiger partial charge in [0.25, 0.3) is 11.8 Å². The summed E-state index contributed by atoms with van der Waals surface area (Å²) in [6.07, 6.45) is 2.04. The SMILES string of the molecule is CNCC1CCCN(C(=O)C(C)N2C(=O)c3ccc(C)cc3C2=O)C1.Cl. The first kappa shape index (κ1) is 20.4.